The molecule has 1 atom stereocenters. The minimum absolute atomic E-state index is 0.150. The van der Waals surface area contributed by atoms with Crippen LogP contribution in [0, 0.1) is 6.92 Å². The Morgan fingerprint density at radius 2 is 1.78 bits per heavy atom. The standard InChI is InChI=1S/C21H25N3O3/c1-16-8-9-19(14-22-16)21(26)27-17(2)20(25)24-12-10-23(11-13-24)15-18-6-4-3-5-7-18/h3-9,14,17H,10-13,15H2,1-2H3. The summed E-state index contributed by atoms with van der Waals surface area (Å²) in [6.45, 7) is 7.25. The molecule has 142 valence electrons. The molecule has 2 aromatic rings. The predicted molar refractivity (Wildman–Crippen MR) is 102 cm³/mol. The third-order valence-electron chi connectivity index (χ3n) is 4.71. The van der Waals surface area contributed by atoms with Crippen LogP contribution in [0.5, 0.6) is 0 Å². The summed E-state index contributed by atoms with van der Waals surface area (Å²) in [5, 5.41) is 0. The number of rotatable bonds is 5. The summed E-state index contributed by atoms with van der Waals surface area (Å²) in [7, 11) is 0. The van der Waals surface area contributed by atoms with Crippen molar-refractivity contribution in [3.8, 4) is 0 Å². The molecule has 1 amide bonds. The molecule has 1 saturated heterocycles. The van der Waals surface area contributed by atoms with Gasteiger partial charge >= 0.3 is 5.97 Å². The first-order chi connectivity index (χ1) is 13.0. The first kappa shape index (κ1) is 19.0. The fourth-order valence-electron chi connectivity index (χ4n) is 3.09. The summed E-state index contributed by atoms with van der Waals surface area (Å²) < 4.78 is 5.33. The Hall–Kier alpha value is -2.73. The van der Waals surface area contributed by atoms with Gasteiger partial charge in [0.1, 0.15) is 0 Å². The number of benzene rings is 1. The number of carbonyl (C=O) groups excluding carboxylic acids is 2. The number of aromatic nitrogens is 1. The van der Waals surface area contributed by atoms with Crippen molar-refractivity contribution < 1.29 is 14.3 Å². The molecule has 1 aliphatic rings. The first-order valence-corrected chi connectivity index (χ1v) is 9.21. The van der Waals surface area contributed by atoms with Gasteiger partial charge in [0.05, 0.1) is 5.56 Å². The van der Waals surface area contributed by atoms with Crippen LogP contribution in [-0.4, -0.2) is 58.9 Å². The predicted octanol–water partition coefficient (Wildman–Crippen LogP) is 2.28. The van der Waals surface area contributed by atoms with Gasteiger partial charge in [-0.3, -0.25) is 14.7 Å². The second kappa shape index (κ2) is 8.77. The van der Waals surface area contributed by atoms with E-state index in [2.05, 4.69) is 22.0 Å². The normalized spacial score (nSPS) is 16.0. The molecule has 0 saturated carbocycles. The fourth-order valence-corrected chi connectivity index (χ4v) is 3.09. The van der Waals surface area contributed by atoms with E-state index in [4.69, 9.17) is 4.74 Å². The van der Waals surface area contributed by atoms with Gasteiger partial charge in [0, 0.05) is 44.6 Å². The number of piperazine rings is 1. The minimum Gasteiger partial charge on any atom is -0.449 e. The Kier molecular flexibility index (Phi) is 6.19. The van der Waals surface area contributed by atoms with Crippen molar-refractivity contribution in [3.05, 3.63) is 65.5 Å². The van der Waals surface area contributed by atoms with Crippen molar-refractivity contribution in [1.82, 2.24) is 14.8 Å². The third kappa shape index (κ3) is 5.14. The molecule has 6 heteroatoms. The molecule has 6 nitrogen and oxygen atoms in total. The summed E-state index contributed by atoms with van der Waals surface area (Å²) in [5.74, 6) is -0.672. The zero-order valence-corrected chi connectivity index (χ0v) is 15.8. The lowest BCUT2D eigenvalue weighted by Crippen LogP contribution is -2.51. The van der Waals surface area contributed by atoms with Gasteiger partial charge in [-0.05, 0) is 31.5 Å². The smallest absolute Gasteiger partial charge is 0.340 e. The van der Waals surface area contributed by atoms with E-state index in [1.807, 2.05) is 25.1 Å². The lowest BCUT2D eigenvalue weighted by molar-refractivity contribution is -0.141. The largest absolute Gasteiger partial charge is 0.449 e. The maximum absolute atomic E-state index is 12.6. The van der Waals surface area contributed by atoms with E-state index in [0.717, 1.165) is 25.3 Å². The lowest BCUT2D eigenvalue weighted by atomic mass is 10.2. The monoisotopic (exact) mass is 367 g/mol. The molecule has 2 heterocycles. The van der Waals surface area contributed by atoms with Crippen molar-refractivity contribution in [2.75, 3.05) is 26.2 Å². The molecule has 0 bridgehead atoms. The van der Waals surface area contributed by atoms with Crippen molar-refractivity contribution in [1.29, 1.82) is 0 Å². The Labute approximate surface area is 159 Å². The summed E-state index contributed by atoms with van der Waals surface area (Å²) in [6.07, 6.45) is 0.663. The van der Waals surface area contributed by atoms with E-state index in [1.54, 1.807) is 24.0 Å². The molecule has 0 radical (unpaired) electrons. The second-order valence-electron chi connectivity index (χ2n) is 6.82. The Balaban J connectivity index is 1.48. The van der Waals surface area contributed by atoms with E-state index < -0.39 is 12.1 Å². The third-order valence-corrected chi connectivity index (χ3v) is 4.71. The number of ether oxygens (including phenoxy) is 1. The topological polar surface area (TPSA) is 62.7 Å². The quantitative estimate of drug-likeness (QED) is 0.759. The van der Waals surface area contributed by atoms with E-state index in [-0.39, 0.29) is 5.91 Å². The van der Waals surface area contributed by atoms with Gasteiger partial charge in [-0.15, -0.1) is 0 Å². The Morgan fingerprint density at radius 1 is 1.07 bits per heavy atom. The van der Waals surface area contributed by atoms with Gasteiger partial charge < -0.3 is 9.64 Å². The molecule has 0 N–H and O–H groups in total. The van der Waals surface area contributed by atoms with Gasteiger partial charge in [0.25, 0.3) is 5.91 Å². The van der Waals surface area contributed by atoms with Crippen molar-refractivity contribution in [3.63, 3.8) is 0 Å². The Morgan fingerprint density at radius 3 is 2.41 bits per heavy atom. The highest BCUT2D eigenvalue weighted by Crippen LogP contribution is 2.11. The second-order valence-corrected chi connectivity index (χ2v) is 6.82. The molecule has 3 rings (SSSR count). The van der Waals surface area contributed by atoms with Crippen molar-refractivity contribution in [2.45, 2.75) is 26.5 Å². The molecular formula is C21H25N3O3. The highest BCUT2D eigenvalue weighted by atomic mass is 16.5. The van der Waals surface area contributed by atoms with E-state index in [1.165, 1.54) is 11.8 Å². The number of amides is 1. The summed E-state index contributed by atoms with van der Waals surface area (Å²) in [6, 6.07) is 13.7. The number of aryl methyl sites for hydroxylation is 1. The van der Waals surface area contributed by atoms with Crippen LogP contribution in [0.1, 0.15) is 28.5 Å². The molecule has 1 aliphatic heterocycles. The van der Waals surface area contributed by atoms with Crippen LogP contribution in [-0.2, 0) is 16.1 Å². The maximum Gasteiger partial charge on any atom is 0.340 e. The van der Waals surface area contributed by atoms with Crippen LogP contribution >= 0.6 is 0 Å². The van der Waals surface area contributed by atoms with Gasteiger partial charge in [0.2, 0.25) is 0 Å². The summed E-state index contributed by atoms with van der Waals surface area (Å²) >= 11 is 0. The number of hydrogen-bond donors (Lipinski definition) is 0. The maximum atomic E-state index is 12.6. The van der Waals surface area contributed by atoms with Crippen LogP contribution in [0.4, 0.5) is 0 Å². The van der Waals surface area contributed by atoms with Gasteiger partial charge in [-0.1, -0.05) is 30.3 Å². The van der Waals surface area contributed by atoms with Crippen LogP contribution in [0.15, 0.2) is 48.7 Å². The molecule has 1 aromatic carbocycles. The van der Waals surface area contributed by atoms with Gasteiger partial charge in [-0.2, -0.15) is 0 Å². The van der Waals surface area contributed by atoms with Gasteiger partial charge in [-0.25, -0.2) is 4.79 Å². The Bertz CT molecular complexity index is 769. The van der Waals surface area contributed by atoms with Gasteiger partial charge in [0.15, 0.2) is 6.10 Å². The summed E-state index contributed by atoms with van der Waals surface area (Å²) in [5.41, 5.74) is 2.45. The molecule has 1 fully saturated rings. The molecule has 0 aliphatic carbocycles. The first-order valence-electron chi connectivity index (χ1n) is 9.21. The average molecular weight is 367 g/mol. The number of pyridine rings is 1. The van der Waals surface area contributed by atoms with E-state index in [9.17, 15) is 9.59 Å². The molecule has 1 aromatic heterocycles. The van der Waals surface area contributed by atoms with Crippen LogP contribution in [0.2, 0.25) is 0 Å². The van der Waals surface area contributed by atoms with E-state index >= 15 is 0 Å². The van der Waals surface area contributed by atoms with Crippen LogP contribution < -0.4 is 0 Å². The number of nitrogens with zero attached hydrogens (tertiary/aromatic N) is 3. The van der Waals surface area contributed by atoms with E-state index in [0.29, 0.717) is 18.7 Å². The molecule has 0 spiro atoms. The van der Waals surface area contributed by atoms with Crippen LogP contribution in [0.25, 0.3) is 0 Å². The number of esters is 1. The number of hydrogen-bond acceptors (Lipinski definition) is 5. The highest BCUT2D eigenvalue weighted by molar-refractivity contribution is 5.92. The average Bonchev–Trinajstić information content (AvgIpc) is 2.69. The fraction of sp³-hybridized carbons (Fsp3) is 0.381. The number of carbonyl (C=O) groups is 2. The zero-order chi connectivity index (χ0) is 19.2. The summed E-state index contributed by atoms with van der Waals surface area (Å²) in [4.78, 5) is 32.9. The minimum atomic E-state index is -0.806. The molecular weight excluding hydrogens is 342 g/mol. The van der Waals surface area contributed by atoms with Crippen molar-refractivity contribution in [2.24, 2.45) is 0 Å². The lowest BCUT2D eigenvalue weighted by Gasteiger charge is -2.35. The molecule has 1 unspecified atom stereocenters. The van der Waals surface area contributed by atoms with Crippen molar-refractivity contribution >= 4 is 11.9 Å². The SMILES string of the molecule is Cc1ccc(C(=O)OC(C)C(=O)N2CCN(Cc3ccccc3)CC2)cn1. The van der Waals surface area contributed by atoms with Crippen LogP contribution in [0.3, 0.4) is 0 Å². The zero-order valence-electron chi connectivity index (χ0n) is 15.8. The molecule has 27 heavy (non-hydrogen) atoms. The highest BCUT2D eigenvalue weighted by Gasteiger charge is 2.27.